The molecule has 1 nitrogen and oxygen atoms in total. The SMILES string of the molecule is O=C1C2CC(Br)CC3CCC4CC(Br)CC1C4C32. The molecule has 0 N–H and O–H groups in total. The number of ketones is 1. The third kappa shape index (κ3) is 1.65. The minimum absolute atomic E-state index is 0.406. The predicted octanol–water partition coefficient (Wildman–Crippen LogP) is 4.17. The molecule has 0 aromatic rings. The van der Waals surface area contributed by atoms with Crippen molar-refractivity contribution in [2.75, 3.05) is 0 Å². The van der Waals surface area contributed by atoms with Gasteiger partial charge in [-0.2, -0.15) is 0 Å². The van der Waals surface area contributed by atoms with Crippen LogP contribution in [0.3, 0.4) is 0 Å². The van der Waals surface area contributed by atoms with Gasteiger partial charge in [-0.15, -0.1) is 0 Å². The van der Waals surface area contributed by atoms with Gasteiger partial charge in [0, 0.05) is 21.5 Å². The zero-order chi connectivity index (χ0) is 12.4. The molecule has 0 bridgehead atoms. The summed E-state index contributed by atoms with van der Waals surface area (Å²) in [5, 5.41) is 0. The normalized spacial score (nSPS) is 58.4. The van der Waals surface area contributed by atoms with E-state index in [2.05, 4.69) is 31.9 Å². The first-order valence-corrected chi connectivity index (χ1v) is 9.30. The molecular weight excluding hydrogens is 356 g/mol. The highest BCUT2D eigenvalue weighted by Gasteiger charge is 2.60. The van der Waals surface area contributed by atoms with E-state index in [0.29, 0.717) is 27.3 Å². The Morgan fingerprint density at radius 3 is 1.67 bits per heavy atom. The summed E-state index contributed by atoms with van der Waals surface area (Å²) in [5.74, 6) is 4.65. The Morgan fingerprint density at radius 2 is 1.22 bits per heavy atom. The lowest BCUT2D eigenvalue weighted by molar-refractivity contribution is -0.125. The molecule has 4 aliphatic carbocycles. The first kappa shape index (κ1) is 12.4. The van der Waals surface area contributed by atoms with Gasteiger partial charge in [-0.05, 0) is 62.2 Å². The molecule has 3 heteroatoms. The Labute approximate surface area is 126 Å². The Balaban J connectivity index is 1.72. The summed E-state index contributed by atoms with van der Waals surface area (Å²) in [6, 6.07) is 0. The maximum Gasteiger partial charge on any atom is 0.139 e. The van der Waals surface area contributed by atoms with Gasteiger partial charge in [0.15, 0.2) is 0 Å². The molecule has 18 heavy (non-hydrogen) atoms. The van der Waals surface area contributed by atoms with Crippen molar-refractivity contribution in [1.82, 2.24) is 0 Å². The highest BCUT2D eigenvalue weighted by molar-refractivity contribution is 9.09. The second kappa shape index (κ2) is 4.31. The van der Waals surface area contributed by atoms with E-state index in [1.54, 1.807) is 0 Å². The van der Waals surface area contributed by atoms with E-state index in [9.17, 15) is 4.79 Å². The lowest BCUT2D eigenvalue weighted by Crippen LogP contribution is -2.43. The number of carbonyl (C=O) groups excluding carboxylic acids is 1. The molecule has 0 amide bonds. The molecule has 0 radical (unpaired) electrons. The van der Waals surface area contributed by atoms with Crippen LogP contribution in [0.5, 0.6) is 0 Å². The third-order valence-electron chi connectivity index (χ3n) is 6.24. The zero-order valence-corrected chi connectivity index (χ0v) is 13.7. The van der Waals surface area contributed by atoms with Crippen molar-refractivity contribution >= 4 is 37.6 Å². The molecule has 4 aliphatic rings. The zero-order valence-electron chi connectivity index (χ0n) is 10.5. The average molecular weight is 376 g/mol. The van der Waals surface area contributed by atoms with Crippen LogP contribution in [0.1, 0.15) is 38.5 Å². The van der Waals surface area contributed by atoms with E-state index in [-0.39, 0.29) is 0 Å². The molecule has 100 valence electrons. The summed E-state index contributed by atoms with van der Waals surface area (Å²) in [7, 11) is 0. The summed E-state index contributed by atoms with van der Waals surface area (Å²) in [6.07, 6.45) is 7.64. The van der Waals surface area contributed by atoms with Crippen LogP contribution in [0.25, 0.3) is 0 Å². The Kier molecular flexibility index (Phi) is 2.96. The van der Waals surface area contributed by atoms with Gasteiger partial charge >= 0.3 is 0 Å². The summed E-state index contributed by atoms with van der Waals surface area (Å²) >= 11 is 7.60. The summed E-state index contributed by atoms with van der Waals surface area (Å²) in [6.45, 7) is 0. The van der Waals surface area contributed by atoms with E-state index in [4.69, 9.17) is 0 Å². The fourth-order valence-electron chi connectivity index (χ4n) is 5.79. The molecule has 0 spiro atoms. The Morgan fingerprint density at radius 1 is 0.778 bits per heavy atom. The number of alkyl halides is 2. The molecule has 8 atom stereocenters. The van der Waals surface area contributed by atoms with Crippen LogP contribution >= 0.6 is 31.9 Å². The van der Waals surface area contributed by atoms with E-state index < -0.39 is 0 Å². The first-order valence-electron chi connectivity index (χ1n) is 7.47. The van der Waals surface area contributed by atoms with Gasteiger partial charge in [0.1, 0.15) is 5.78 Å². The van der Waals surface area contributed by atoms with Gasteiger partial charge in [0.25, 0.3) is 0 Å². The van der Waals surface area contributed by atoms with Gasteiger partial charge in [0.05, 0.1) is 0 Å². The molecule has 0 saturated heterocycles. The average Bonchev–Trinajstić information content (AvgIpc) is 2.61. The number of carbonyl (C=O) groups is 1. The standard InChI is InChI=1S/C15H20Br2O/c16-9-3-7-1-2-8-4-10(17)6-12-14(8)13(7)11(5-9)15(12)18/h7-14H,1-6H2. The van der Waals surface area contributed by atoms with Crippen molar-refractivity contribution in [2.24, 2.45) is 35.5 Å². The van der Waals surface area contributed by atoms with E-state index in [1.807, 2.05) is 0 Å². The van der Waals surface area contributed by atoms with E-state index in [1.165, 1.54) is 25.7 Å². The van der Waals surface area contributed by atoms with Crippen molar-refractivity contribution < 1.29 is 4.79 Å². The molecule has 4 fully saturated rings. The largest absolute Gasteiger partial charge is 0.299 e. The van der Waals surface area contributed by atoms with Crippen LogP contribution in [0.4, 0.5) is 0 Å². The van der Waals surface area contributed by atoms with Gasteiger partial charge < -0.3 is 0 Å². The molecule has 0 aromatic heterocycles. The van der Waals surface area contributed by atoms with Crippen LogP contribution in [0.2, 0.25) is 0 Å². The van der Waals surface area contributed by atoms with E-state index >= 15 is 0 Å². The van der Waals surface area contributed by atoms with Crippen molar-refractivity contribution in [3.05, 3.63) is 0 Å². The highest BCUT2D eigenvalue weighted by Crippen LogP contribution is 2.61. The van der Waals surface area contributed by atoms with Gasteiger partial charge in [-0.25, -0.2) is 0 Å². The number of Topliss-reactive ketones (excluding diaryl/α,β-unsaturated/α-hetero) is 1. The molecule has 0 aliphatic heterocycles. The number of halogens is 2. The molecular formula is C15H20Br2O. The molecule has 4 saturated carbocycles. The highest BCUT2D eigenvalue weighted by atomic mass is 79.9. The van der Waals surface area contributed by atoms with E-state index in [0.717, 1.165) is 36.5 Å². The third-order valence-corrected chi connectivity index (χ3v) is 7.73. The minimum Gasteiger partial charge on any atom is -0.299 e. The summed E-state index contributed by atoms with van der Waals surface area (Å²) < 4.78 is 0. The van der Waals surface area contributed by atoms with Crippen LogP contribution in [-0.2, 0) is 4.79 Å². The van der Waals surface area contributed by atoms with Crippen molar-refractivity contribution in [3.63, 3.8) is 0 Å². The summed E-state index contributed by atoms with van der Waals surface area (Å²) in [4.78, 5) is 13.9. The second-order valence-electron chi connectivity index (χ2n) is 7.00. The monoisotopic (exact) mass is 374 g/mol. The molecule has 0 aromatic carbocycles. The smallest absolute Gasteiger partial charge is 0.139 e. The fraction of sp³-hybridized carbons (Fsp3) is 0.933. The Bertz CT molecular complexity index is 349. The molecule has 0 heterocycles. The van der Waals surface area contributed by atoms with Crippen LogP contribution < -0.4 is 0 Å². The van der Waals surface area contributed by atoms with Gasteiger partial charge in [-0.3, -0.25) is 4.79 Å². The van der Waals surface area contributed by atoms with Crippen LogP contribution in [0, 0.1) is 35.5 Å². The van der Waals surface area contributed by atoms with Crippen molar-refractivity contribution in [2.45, 2.75) is 48.2 Å². The Hall–Kier alpha value is 0.630. The molecule has 4 rings (SSSR count). The van der Waals surface area contributed by atoms with Crippen LogP contribution in [-0.4, -0.2) is 15.4 Å². The lowest BCUT2D eigenvalue weighted by Gasteiger charge is -2.48. The van der Waals surface area contributed by atoms with Crippen molar-refractivity contribution in [3.8, 4) is 0 Å². The predicted molar refractivity (Wildman–Crippen MR) is 79.1 cm³/mol. The number of rotatable bonds is 0. The summed E-state index contributed by atoms with van der Waals surface area (Å²) in [5.41, 5.74) is 0. The number of hydrogen-bond donors (Lipinski definition) is 0. The fourth-order valence-corrected chi connectivity index (χ4v) is 7.55. The van der Waals surface area contributed by atoms with Crippen LogP contribution in [0.15, 0.2) is 0 Å². The quantitative estimate of drug-likeness (QED) is 0.580. The first-order chi connectivity index (χ1) is 8.65. The van der Waals surface area contributed by atoms with Crippen molar-refractivity contribution in [1.29, 1.82) is 0 Å². The van der Waals surface area contributed by atoms with Gasteiger partial charge in [0.2, 0.25) is 0 Å². The maximum absolute atomic E-state index is 12.7. The lowest BCUT2D eigenvalue weighted by atomic mass is 9.58. The minimum atomic E-state index is 0.406. The number of hydrogen-bond acceptors (Lipinski definition) is 1. The second-order valence-corrected chi connectivity index (χ2v) is 9.59. The maximum atomic E-state index is 12.7. The topological polar surface area (TPSA) is 17.1 Å². The molecule has 8 unspecified atom stereocenters. The van der Waals surface area contributed by atoms with Gasteiger partial charge in [-0.1, -0.05) is 31.9 Å².